The Kier molecular flexibility index (Phi) is 7.26. The van der Waals surface area contributed by atoms with Gasteiger partial charge in [0.1, 0.15) is 17.3 Å². The van der Waals surface area contributed by atoms with Gasteiger partial charge in [0.2, 0.25) is 0 Å². The van der Waals surface area contributed by atoms with E-state index in [9.17, 15) is 14.3 Å². The Labute approximate surface area is 205 Å². The van der Waals surface area contributed by atoms with Crippen LogP contribution in [0.15, 0.2) is 42.5 Å². The Morgan fingerprint density at radius 1 is 1.18 bits per heavy atom. The number of hydrogen-bond acceptors (Lipinski definition) is 4. The summed E-state index contributed by atoms with van der Waals surface area (Å²) in [6, 6.07) is 12.9. The van der Waals surface area contributed by atoms with Crippen LogP contribution in [0.3, 0.4) is 0 Å². The molecule has 8 heteroatoms. The molecular formula is C26H30FN3O3S. The first kappa shape index (κ1) is 24.3. The van der Waals surface area contributed by atoms with Crippen LogP contribution in [0.25, 0.3) is 5.69 Å². The van der Waals surface area contributed by atoms with Gasteiger partial charge in [0.25, 0.3) is 0 Å². The molecule has 2 saturated carbocycles. The number of benzene rings is 2. The van der Waals surface area contributed by atoms with Crippen LogP contribution in [0.2, 0.25) is 0 Å². The molecule has 2 aliphatic carbocycles. The second-order valence-electron chi connectivity index (χ2n) is 9.21. The van der Waals surface area contributed by atoms with Gasteiger partial charge in [0, 0.05) is 12.0 Å². The summed E-state index contributed by atoms with van der Waals surface area (Å²) in [5, 5.41) is 18.1. The summed E-state index contributed by atoms with van der Waals surface area (Å²) in [7, 11) is 1.56. The lowest BCUT2D eigenvalue weighted by Crippen LogP contribution is -2.09. The molecule has 0 bridgehead atoms. The van der Waals surface area contributed by atoms with E-state index in [2.05, 4.69) is 22.4 Å². The van der Waals surface area contributed by atoms with Crippen LogP contribution in [-0.4, -0.2) is 33.2 Å². The van der Waals surface area contributed by atoms with Crippen molar-refractivity contribution in [2.45, 2.75) is 56.8 Å². The highest BCUT2D eigenvalue weighted by Gasteiger charge is 2.34. The zero-order valence-corrected chi connectivity index (χ0v) is 20.2. The summed E-state index contributed by atoms with van der Waals surface area (Å²) < 4.78 is 21.5. The molecule has 1 N–H and O–H groups in total. The van der Waals surface area contributed by atoms with Crippen molar-refractivity contribution in [1.29, 1.82) is 0 Å². The lowest BCUT2D eigenvalue weighted by Gasteiger charge is -2.15. The van der Waals surface area contributed by atoms with Gasteiger partial charge < -0.3 is 9.84 Å². The lowest BCUT2D eigenvalue weighted by atomic mass is 9.89. The monoisotopic (exact) mass is 483 g/mol. The van der Waals surface area contributed by atoms with E-state index >= 15 is 0 Å². The molecule has 2 fully saturated rings. The topological polar surface area (TPSA) is 77.2 Å². The number of ether oxygens (including phenoxy) is 1. The predicted molar refractivity (Wildman–Crippen MR) is 132 cm³/mol. The zero-order chi connectivity index (χ0) is 22.9. The number of rotatable bonds is 10. The van der Waals surface area contributed by atoms with E-state index in [4.69, 9.17) is 4.74 Å². The number of halogens is 1. The summed E-state index contributed by atoms with van der Waals surface area (Å²) in [5.41, 5.74) is 4.52. The third kappa shape index (κ3) is 5.27. The molecule has 1 atom stereocenters. The molecule has 0 aliphatic heterocycles. The largest absolute Gasteiger partial charge is 0.497 e. The number of carboxylic acids is 1. The second kappa shape index (κ2) is 10.2. The Morgan fingerprint density at radius 3 is 2.65 bits per heavy atom. The predicted octanol–water partition coefficient (Wildman–Crippen LogP) is 5.16. The van der Waals surface area contributed by atoms with Crippen molar-refractivity contribution in [3.05, 3.63) is 70.8 Å². The SMILES string of the molecule is COc1ccc(F)c(-n2nnc(CCc3cccc([C@@H](CC(=O)O)C4CC4)c3)c2C2CC2)c1.S. The average Bonchev–Trinajstić information content (AvgIpc) is 3.75. The molecule has 2 aromatic carbocycles. The van der Waals surface area contributed by atoms with E-state index in [-0.39, 0.29) is 31.7 Å². The van der Waals surface area contributed by atoms with Crippen LogP contribution >= 0.6 is 13.5 Å². The first-order chi connectivity index (χ1) is 16.0. The number of carbonyl (C=O) groups is 1. The number of aliphatic carboxylic acids is 1. The molecule has 0 unspecified atom stereocenters. The molecule has 5 rings (SSSR count). The van der Waals surface area contributed by atoms with Crippen LogP contribution in [0.4, 0.5) is 4.39 Å². The molecule has 6 nitrogen and oxygen atoms in total. The maximum atomic E-state index is 14.6. The molecule has 1 heterocycles. The van der Waals surface area contributed by atoms with Crippen molar-refractivity contribution >= 4 is 19.5 Å². The molecule has 0 radical (unpaired) electrons. The zero-order valence-electron chi connectivity index (χ0n) is 19.2. The highest BCUT2D eigenvalue weighted by atomic mass is 32.1. The average molecular weight is 484 g/mol. The first-order valence-corrected chi connectivity index (χ1v) is 11.6. The first-order valence-electron chi connectivity index (χ1n) is 11.6. The smallest absolute Gasteiger partial charge is 0.303 e. The van der Waals surface area contributed by atoms with Crippen molar-refractivity contribution in [3.63, 3.8) is 0 Å². The van der Waals surface area contributed by atoms with E-state index in [0.717, 1.165) is 54.6 Å². The molecule has 3 aromatic rings. The van der Waals surface area contributed by atoms with Gasteiger partial charge in [-0.25, -0.2) is 9.07 Å². The highest BCUT2D eigenvalue weighted by molar-refractivity contribution is 7.59. The van der Waals surface area contributed by atoms with Crippen molar-refractivity contribution in [2.75, 3.05) is 7.11 Å². The van der Waals surface area contributed by atoms with Crippen LogP contribution < -0.4 is 4.74 Å². The Balaban J connectivity index is 0.00000274. The van der Waals surface area contributed by atoms with E-state index in [1.807, 2.05) is 12.1 Å². The molecular weight excluding hydrogens is 453 g/mol. The minimum atomic E-state index is -0.743. The van der Waals surface area contributed by atoms with E-state index < -0.39 is 5.97 Å². The van der Waals surface area contributed by atoms with Gasteiger partial charge in [-0.1, -0.05) is 29.5 Å². The van der Waals surface area contributed by atoms with Gasteiger partial charge in [0.15, 0.2) is 0 Å². The highest BCUT2D eigenvalue weighted by Crippen LogP contribution is 2.45. The van der Waals surface area contributed by atoms with Gasteiger partial charge in [-0.3, -0.25) is 4.79 Å². The number of aromatic nitrogens is 3. The standard InChI is InChI=1S/C26H28FN3O3.H2S/c1-33-20-10-11-22(27)24(14-20)30-26(18-8-9-18)23(28-29-30)12-5-16-3-2-4-19(13-16)21(15-25(31)32)17-6-7-17;/h2-4,10-11,13-14,17-18,21H,5-9,12,15H2,1H3,(H,31,32);1H2/t21-;/m0./s1. The van der Waals surface area contributed by atoms with E-state index in [0.29, 0.717) is 29.7 Å². The third-order valence-electron chi connectivity index (χ3n) is 6.74. The van der Waals surface area contributed by atoms with Crippen LogP contribution in [0.5, 0.6) is 5.75 Å². The summed E-state index contributed by atoms with van der Waals surface area (Å²) in [4.78, 5) is 11.3. The Bertz CT molecular complexity index is 1170. The lowest BCUT2D eigenvalue weighted by molar-refractivity contribution is -0.137. The fourth-order valence-electron chi connectivity index (χ4n) is 4.71. The maximum Gasteiger partial charge on any atom is 0.303 e. The summed E-state index contributed by atoms with van der Waals surface area (Å²) in [6.45, 7) is 0. The number of hydrogen-bond donors (Lipinski definition) is 1. The normalized spacial score (nSPS) is 16.1. The summed E-state index contributed by atoms with van der Waals surface area (Å²) in [5.74, 6) is 0.395. The van der Waals surface area contributed by atoms with Gasteiger partial charge >= 0.3 is 5.97 Å². The quantitative estimate of drug-likeness (QED) is 0.431. The number of aryl methyl sites for hydroxylation is 2. The minimum absolute atomic E-state index is 0. The van der Waals surface area contributed by atoms with E-state index in [1.165, 1.54) is 6.07 Å². The van der Waals surface area contributed by atoms with Crippen LogP contribution in [0, 0.1) is 11.7 Å². The van der Waals surface area contributed by atoms with Crippen molar-refractivity contribution in [2.24, 2.45) is 5.92 Å². The van der Waals surface area contributed by atoms with Crippen molar-refractivity contribution in [1.82, 2.24) is 15.0 Å². The van der Waals surface area contributed by atoms with Crippen molar-refractivity contribution < 1.29 is 19.0 Å². The molecule has 34 heavy (non-hydrogen) atoms. The maximum absolute atomic E-state index is 14.6. The number of carboxylic acid groups (broad SMARTS) is 1. The van der Waals surface area contributed by atoms with Gasteiger partial charge in [-0.2, -0.15) is 13.5 Å². The Morgan fingerprint density at radius 2 is 1.97 bits per heavy atom. The number of nitrogens with zero attached hydrogens (tertiary/aromatic N) is 3. The minimum Gasteiger partial charge on any atom is -0.497 e. The summed E-state index contributed by atoms with van der Waals surface area (Å²) in [6.07, 6.45) is 5.98. The van der Waals surface area contributed by atoms with Crippen LogP contribution in [-0.2, 0) is 17.6 Å². The van der Waals surface area contributed by atoms with Gasteiger partial charge in [0.05, 0.1) is 24.9 Å². The van der Waals surface area contributed by atoms with E-state index in [1.54, 1.807) is 23.9 Å². The van der Waals surface area contributed by atoms with Crippen molar-refractivity contribution in [3.8, 4) is 11.4 Å². The fraction of sp³-hybridized carbons (Fsp3) is 0.423. The van der Waals surface area contributed by atoms with Crippen LogP contribution in [0.1, 0.15) is 66.5 Å². The third-order valence-corrected chi connectivity index (χ3v) is 6.74. The number of methoxy groups -OCH3 is 1. The molecule has 0 amide bonds. The fourth-order valence-corrected chi connectivity index (χ4v) is 4.71. The molecule has 2 aliphatic rings. The Hall–Kier alpha value is -2.87. The second-order valence-corrected chi connectivity index (χ2v) is 9.21. The van der Waals surface area contributed by atoms with Gasteiger partial charge in [-0.15, -0.1) is 5.10 Å². The summed E-state index contributed by atoms with van der Waals surface area (Å²) >= 11 is 0. The molecule has 0 saturated heterocycles. The van der Waals surface area contributed by atoms with Gasteiger partial charge in [-0.05, 0) is 73.6 Å². The molecule has 180 valence electrons. The molecule has 1 aromatic heterocycles. The molecule has 0 spiro atoms.